The van der Waals surface area contributed by atoms with Gasteiger partial charge in [-0.25, -0.2) is 9.97 Å². The number of nitrogens with one attached hydrogen (secondary N) is 1. The summed E-state index contributed by atoms with van der Waals surface area (Å²) in [7, 11) is 1.64. The summed E-state index contributed by atoms with van der Waals surface area (Å²) in [6.45, 7) is 11.6. The minimum Gasteiger partial charge on any atom is -0.382 e. The summed E-state index contributed by atoms with van der Waals surface area (Å²) >= 11 is 6.35. The van der Waals surface area contributed by atoms with Gasteiger partial charge in [-0.1, -0.05) is 44.5 Å². The molecule has 208 valence electrons. The topological polar surface area (TPSA) is 134 Å². The zero-order chi connectivity index (χ0) is 27.8. The molecule has 2 aromatic rings. The molecular formula is C27H41ClN8O2. The Morgan fingerprint density at radius 2 is 1.74 bits per heavy atom. The van der Waals surface area contributed by atoms with Crippen LogP contribution in [0.3, 0.4) is 0 Å². The molecule has 1 aromatic carbocycles. The quantitative estimate of drug-likeness (QED) is 0.484. The summed E-state index contributed by atoms with van der Waals surface area (Å²) in [6, 6.07) is 8.75. The van der Waals surface area contributed by atoms with Crippen LogP contribution in [0.25, 0.3) is 0 Å². The predicted octanol–water partition coefficient (Wildman–Crippen LogP) is 2.76. The number of benzene rings is 1. The van der Waals surface area contributed by atoms with Gasteiger partial charge in [-0.3, -0.25) is 19.4 Å². The predicted molar refractivity (Wildman–Crippen MR) is 152 cm³/mol. The summed E-state index contributed by atoms with van der Waals surface area (Å²) in [5.74, 6) is -0.284. The van der Waals surface area contributed by atoms with Gasteiger partial charge in [0.2, 0.25) is 0 Å². The van der Waals surface area contributed by atoms with Gasteiger partial charge in [0.05, 0.1) is 0 Å². The summed E-state index contributed by atoms with van der Waals surface area (Å²) < 4.78 is 0. The molecule has 0 radical (unpaired) electrons. The molecule has 3 heterocycles. The number of hydrogen-bond acceptors (Lipinski definition) is 8. The first-order chi connectivity index (χ1) is 18.3. The Balaban J connectivity index is 0.00000195. The second kappa shape index (κ2) is 13.7. The molecule has 11 heteroatoms. The number of hydrogen-bond donors (Lipinski definition) is 3. The van der Waals surface area contributed by atoms with E-state index in [4.69, 9.17) is 23.1 Å². The molecule has 0 bridgehead atoms. The lowest BCUT2D eigenvalue weighted by molar-refractivity contribution is 0.0610. The standard InChI is InChI=1S/C25H35ClN8O2.C2H6/c1-3-18-15-33(24-21(26)30-20(23(28)35)22(27)31-24)12-13-34(18)19-8-10-32(11-9-19)14-16-4-6-17(7-5-16)25(36)29-2;1-2/h4-7,18-19H,3,8-15H2,1-2H3,(H2,27,31)(H2,28,35)(H,29,36);1-2H3. The lowest BCUT2D eigenvalue weighted by Crippen LogP contribution is -2.58. The molecular weight excluding hydrogens is 504 g/mol. The third-order valence-electron chi connectivity index (χ3n) is 7.27. The molecule has 0 aliphatic carbocycles. The van der Waals surface area contributed by atoms with E-state index in [0.717, 1.165) is 58.5 Å². The number of nitrogens with two attached hydrogens (primary N) is 2. The van der Waals surface area contributed by atoms with E-state index in [0.29, 0.717) is 23.5 Å². The van der Waals surface area contributed by atoms with Crippen molar-refractivity contribution >= 4 is 35.1 Å². The summed E-state index contributed by atoms with van der Waals surface area (Å²) in [5.41, 5.74) is 13.0. The van der Waals surface area contributed by atoms with Crippen LogP contribution in [0.2, 0.25) is 5.15 Å². The Labute approximate surface area is 230 Å². The van der Waals surface area contributed by atoms with E-state index in [1.54, 1.807) is 7.05 Å². The molecule has 1 atom stereocenters. The van der Waals surface area contributed by atoms with Gasteiger partial charge in [-0.2, -0.15) is 0 Å². The number of piperazine rings is 1. The van der Waals surface area contributed by atoms with Crippen LogP contribution in [-0.2, 0) is 6.54 Å². The van der Waals surface area contributed by atoms with E-state index in [1.807, 2.05) is 38.1 Å². The van der Waals surface area contributed by atoms with Crippen molar-refractivity contribution in [1.29, 1.82) is 0 Å². The van der Waals surface area contributed by atoms with E-state index in [9.17, 15) is 9.59 Å². The Hall–Kier alpha value is -2.95. The van der Waals surface area contributed by atoms with Crippen LogP contribution in [0.4, 0.5) is 11.6 Å². The molecule has 0 spiro atoms. The summed E-state index contributed by atoms with van der Waals surface area (Å²) in [4.78, 5) is 38.9. The molecule has 5 N–H and O–H groups in total. The van der Waals surface area contributed by atoms with Gasteiger partial charge >= 0.3 is 0 Å². The Bertz CT molecular complexity index is 1090. The number of primary amides is 1. The van der Waals surface area contributed by atoms with Gasteiger partial charge in [0.15, 0.2) is 22.5 Å². The van der Waals surface area contributed by atoms with Crippen LogP contribution in [0, 0.1) is 0 Å². The number of amides is 2. The number of piperidine rings is 1. The summed E-state index contributed by atoms with van der Waals surface area (Å²) in [5, 5.41) is 2.81. The third-order valence-corrected chi connectivity index (χ3v) is 7.52. The van der Waals surface area contributed by atoms with Crippen LogP contribution in [-0.4, -0.2) is 83.4 Å². The Morgan fingerprint density at radius 1 is 1.08 bits per heavy atom. The van der Waals surface area contributed by atoms with Crippen LogP contribution >= 0.6 is 11.6 Å². The van der Waals surface area contributed by atoms with Crippen molar-refractivity contribution in [3.8, 4) is 0 Å². The van der Waals surface area contributed by atoms with E-state index >= 15 is 0 Å². The molecule has 1 unspecified atom stereocenters. The average molecular weight is 545 g/mol. The molecule has 0 saturated carbocycles. The number of carbonyl (C=O) groups excluding carboxylic acids is 2. The van der Waals surface area contributed by atoms with Crippen molar-refractivity contribution in [1.82, 2.24) is 25.1 Å². The highest BCUT2D eigenvalue weighted by atomic mass is 35.5. The Morgan fingerprint density at radius 3 is 2.32 bits per heavy atom. The summed E-state index contributed by atoms with van der Waals surface area (Å²) in [6.07, 6.45) is 3.25. The van der Waals surface area contributed by atoms with Crippen molar-refractivity contribution in [3.63, 3.8) is 0 Å². The monoisotopic (exact) mass is 544 g/mol. The minimum absolute atomic E-state index is 0.00743. The van der Waals surface area contributed by atoms with Crippen molar-refractivity contribution in [2.45, 2.75) is 58.7 Å². The fraction of sp³-hybridized carbons (Fsp3) is 0.556. The zero-order valence-electron chi connectivity index (χ0n) is 22.9. The molecule has 2 saturated heterocycles. The van der Waals surface area contributed by atoms with Crippen molar-refractivity contribution < 1.29 is 9.59 Å². The number of rotatable bonds is 7. The lowest BCUT2D eigenvalue weighted by Gasteiger charge is -2.47. The maximum Gasteiger partial charge on any atom is 0.271 e. The van der Waals surface area contributed by atoms with Crippen molar-refractivity contribution in [2.24, 2.45) is 5.73 Å². The Kier molecular flexibility index (Phi) is 10.7. The van der Waals surface area contributed by atoms with Crippen LogP contribution in [0.5, 0.6) is 0 Å². The molecule has 2 amide bonds. The zero-order valence-corrected chi connectivity index (χ0v) is 23.7. The number of nitrogens with zero attached hydrogens (tertiary/aromatic N) is 5. The smallest absolute Gasteiger partial charge is 0.271 e. The highest BCUT2D eigenvalue weighted by Gasteiger charge is 2.34. The van der Waals surface area contributed by atoms with Crippen LogP contribution < -0.4 is 21.7 Å². The van der Waals surface area contributed by atoms with E-state index in [2.05, 4.69) is 36.9 Å². The molecule has 38 heavy (non-hydrogen) atoms. The fourth-order valence-corrected chi connectivity index (χ4v) is 5.53. The van der Waals surface area contributed by atoms with Crippen molar-refractivity contribution in [2.75, 3.05) is 50.4 Å². The average Bonchev–Trinajstić information content (AvgIpc) is 2.95. The molecule has 2 aliphatic rings. The maximum atomic E-state index is 11.8. The SMILES string of the molecule is CC.CCC1CN(c2nc(N)c(C(N)=O)nc2Cl)CCN1C1CCN(Cc2ccc(C(=O)NC)cc2)CC1. The van der Waals surface area contributed by atoms with E-state index < -0.39 is 5.91 Å². The van der Waals surface area contributed by atoms with E-state index in [-0.39, 0.29) is 22.6 Å². The third kappa shape index (κ3) is 6.92. The number of aromatic nitrogens is 2. The van der Waals surface area contributed by atoms with Crippen LogP contribution in [0.1, 0.15) is 66.4 Å². The lowest BCUT2D eigenvalue weighted by atomic mass is 9.97. The number of nitrogen functional groups attached to an aromatic ring is 1. The molecule has 2 fully saturated rings. The van der Waals surface area contributed by atoms with E-state index in [1.165, 1.54) is 5.56 Å². The first-order valence-electron chi connectivity index (χ1n) is 13.5. The second-order valence-corrected chi connectivity index (χ2v) is 9.82. The van der Waals surface area contributed by atoms with Crippen LogP contribution in [0.15, 0.2) is 24.3 Å². The fourth-order valence-electron chi connectivity index (χ4n) is 5.28. The number of carbonyl (C=O) groups is 2. The molecule has 4 rings (SSSR count). The highest BCUT2D eigenvalue weighted by molar-refractivity contribution is 6.32. The maximum absolute atomic E-state index is 11.8. The minimum atomic E-state index is -0.739. The second-order valence-electron chi connectivity index (χ2n) is 9.47. The van der Waals surface area contributed by atoms with Gasteiger partial charge in [-0.15, -0.1) is 0 Å². The van der Waals surface area contributed by atoms with Gasteiger partial charge in [0.25, 0.3) is 11.8 Å². The number of halogens is 1. The normalized spacial score (nSPS) is 19.0. The van der Waals surface area contributed by atoms with Gasteiger partial charge in [-0.05, 0) is 50.0 Å². The highest BCUT2D eigenvalue weighted by Crippen LogP contribution is 2.29. The number of likely N-dealkylation sites (tertiary alicyclic amines) is 1. The first-order valence-corrected chi connectivity index (χ1v) is 13.8. The van der Waals surface area contributed by atoms with Crippen molar-refractivity contribution in [3.05, 3.63) is 46.2 Å². The molecule has 2 aliphatic heterocycles. The molecule has 1 aromatic heterocycles. The van der Waals surface area contributed by atoms with Gasteiger partial charge in [0.1, 0.15) is 0 Å². The van der Waals surface area contributed by atoms with Gasteiger partial charge in [0, 0.05) is 50.9 Å². The first kappa shape index (κ1) is 29.6. The number of anilines is 2. The molecule has 10 nitrogen and oxygen atoms in total. The largest absolute Gasteiger partial charge is 0.382 e. The van der Waals surface area contributed by atoms with Gasteiger partial charge < -0.3 is 21.7 Å².